The van der Waals surface area contributed by atoms with Gasteiger partial charge in [0.1, 0.15) is 23.1 Å². The Morgan fingerprint density at radius 2 is 1.01 bits per heavy atom. The monoisotopic (exact) mass is 1070 g/mol. The number of fused-ring (bicyclic) bond motifs is 2. The fourth-order valence-electron chi connectivity index (χ4n) is 11.3. The molecule has 2 saturated carbocycles. The first kappa shape index (κ1) is 55.4. The van der Waals surface area contributed by atoms with Crippen LogP contribution in [-0.2, 0) is 55.2 Å². The molecule has 2 aliphatic carbocycles. The fourth-order valence-corrected chi connectivity index (χ4v) is 11.3. The predicted molar refractivity (Wildman–Crippen MR) is 300 cm³/mol. The number of hydrogen-bond acceptors (Lipinski definition) is 6. The number of amides is 2. The van der Waals surface area contributed by atoms with Crippen LogP contribution in [0.4, 0.5) is 22.0 Å². The average Bonchev–Trinajstić information content (AvgIpc) is 4.41. The van der Waals surface area contributed by atoms with Crippen LogP contribution < -0.4 is 20.1 Å². The normalized spacial score (nSPS) is 18.4. The molecule has 8 nitrogen and oxygen atoms in total. The molecule has 4 aliphatic rings. The number of methoxy groups -OCH3 is 2. The number of nitrogens with one attached hydrogen (secondary N) is 2. The molecule has 2 unspecified atom stereocenters. The molecule has 0 radical (unpaired) electrons. The number of nitrogens with zero attached hydrogens (tertiary/aromatic N) is 2. The number of carbonyl (C=O) groups is 2. The van der Waals surface area contributed by atoms with Crippen molar-refractivity contribution >= 4 is 11.8 Å². The van der Waals surface area contributed by atoms with E-state index < -0.39 is 24.4 Å². The van der Waals surface area contributed by atoms with Gasteiger partial charge in [-0.15, -0.1) is 0 Å². The van der Waals surface area contributed by atoms with Gasteiger partial charge in [0.15, 0.2) is 0 Å². The molecule has 0 spiro atoms. The molecule has 78 heavy (non-hydrogen) atoms. The maximum Gasteiger partial charge on any atom is 0.401 e. The number of benzene rings is 7. The number of carbonyl (C=O) groups excluding carboxylic acids is 2. The molecule has 0 saturated heterocycles. The zero-order valence-electron chi connectivity index (χ0n) is 44.6. The van der Waals surface area contributed by atoms with Crippen LogP contribution in [0.5, 0.6) is 11.5 Å². The Balaban J connectivity index is 0.000000220. The highest BCUT2D eigenvalue weighted by Crippen LogP contribution is 2.48. The number of rotatable bonds is 15. The number of hydrogen-bond donors (Lipinski definition) is 2. The van der Waals surface area contributed by atoms with Gasteiger partial charge in [-0.05, 0) is 146 Å². The number of alkyl halides is 3. The smallest absolute Gasteiger partial charge is 0.401 e. The highest BCUT2D eigenvalue weighted by molar-refractivity contribution is 5.84. The van der Waals surface area contributed by atoms with Crippen LogP contribution in [0.1, 0.15) is 91.4 Å². The van der Waals surface area contributed by atoms with Gasteiger partial charge in [0.05, 0.1) is 20.8 Å². The molecule has 0 bridgehead atoms. The zero-order chi connectivity index (χ0) is 54.9. The topological polar surface area (TPSA) is 83.1 Å². The lowest BCUT2D eigenvalue weighted by molar-refractivity contribution is -0.147. The minimum absolute atomic E-state index is 0. The highest BCUT2D eigenvalue weighted by atomic mass is 19.4. The van der Waals surface area contributed by atoms with Crippen molar-refractivity contribution in [1.82, 2.24) is 20.4 Å². The molecule has 2 heterocycles. The third-order valence-corrected chi connectivity index (χ3v) is 15.3. The van der Waals surface area contributed by atoms with E-state index in [1.807, 2.05) is 117 Å². The fraction of sp³-hybridized carbons (Fsp3) is 0.323. The molecule has 7 aromatic rings. The second kappa shape index (κ2) is 25.0. The van der Waals surface area contributed by atoms with Gasteiger partial charge in [-0.1, -0.05) is 123 Å². The van der Waals surface area contributed by atoms with Crippen molar-refractivity contribution in [2.75, 3.05) is 33.9 Å². The van der Waals surface area contributed by atoms with Gasteiger partial charge in [-0.25, -0.2) is 8.78 Å². The molecule has 13 heteroatoms. The van der Waals surface area contributed by atoms with E-state index in [4.69, 9.17) is 9.47 Å². The minimum Gasteiger partial charge on any atom is -0.497 e. The van der Waals surface area contributed by atoms with E-state index in [1.165, 1.54) is 39.3 Å². The Labute approximate surface area is 457 Å². The zero-order valence-corrected chi connectivity index (χ0v) is 44.6. The van der Waals surface area contributed by atoms with E-state index in [2.05, 4.69) is 45.9 Å². The van der Waals surface area contributed by atoms with Crippen LogP contribution in [0.15, 0.2) is 152 Å². The van der Waals surface area contributed by atoms with Crippen LogP contribution in [0.3, 0.4) is 0 Å². The molecule has 0 aromatic heterocycles. The van der Waals surface area contributed by atoms with Crippen molar-refractivity contribution in [1.29, 1.82) is 0 Å². The summed E-state index contributed by atoms with van der Waals surface area (Å²) < 4.78 is 78.0. The first-order valence-electron chi connectivity index (χ1n) is 27.0. The summed E-state index contributed by atoms with van der Waals surface area (Å²) in [5.41, 5.74) is 13.5. The lowest BCUT2D eigenvalue weighted by Gasteiger charge is -2.32. The van der Waals surface area contributed by atoms with Gasteiger partial charge in [0, 0.05) is 66.6 Å². The maximum atomic E-state index is 13.9. The Bertz CT molecular complexity index is 3200. The van der Waals surface area contributed by atoms with E-state index in [0.29, 0.717) is 44.7 Å². The second-order valence-electron chi connectivity index (χ2n) is 20.4. The first-order valence-corrected chi connectivity index (χ1v) is 27.0. The molecular weight excluding hydrogens is 996 g/mol. The van der Waals surface area contributed by atoms with Crippen molar-refractivity contribution in [3.05, 3.63) is 213 Å². The average molecular weight is 1070 g/mol. The predicted octanol–water partition coefficient (Wildman–Crippen LogP) is 13.8. The molecule has 2 N–H and O–H groups in total. The summed E-state index contributed by atoms with van der Waals surface area (Å²) in [7, 11) is 3.27. The van der Waals surface area contributed by atoms with Crippen LogP contribution in [0, 0.1) is 23.5 Å². The van der Waals surface area contributed by atoms with Gasteiger partial charge in [0.2, 0.25) is 11.8 Å². The Kier molecular flexibility index (Phi) is 17.7. The number of ether oxygens (including phenoxy) is 2. The third-order valence-electron chi connectivity index (χ3n) is 15.3. The summed E-state index contributed by atoms with van der Waals surface area (Å²) in [6.45, 7) is 6.18. The highest BCUT2D eigenvalue weighted by Gasteiger charge is 2.45. The van der Waals surface area contributed by atoms with Crippen LogP contribution in [0.2, 0.25) is 0 Å². The molecule has 7 aromatic carbocycles. The maximum absolute atomic E-state index is 13.9. The standard InChI is InChI=1S/C34H32F2N2O2.C29H29F3N2O2.C2H6.2H2/c1-40-28-9-5-8-24(16-28)29-11-10-25(19-37-34(39)32-18-31(32)23-6-3-2-4-7-23)33-21-38(13-12-30(29)33)20-22-14-26(35)17-27(36)15-22;1-36-22-9-5-8-20(14-22)23-11-10-21(27-17-34(13-12-24(23)27)18-29(30,31)32)16-33-28(35)26-15-25(26)19-6-3-2-4-7-19;1-2;;/h2-11,14-17,31-32H,12-13,18-21H2,1H3,(H,37,39);2-11,14,25-26H,12-13,15-18H2,1H3,(H,33,35);1-2H3;2*1H/t31-,32+;;;;/m1..../s1. The minimum atomic E-state index is -4.26. The Morgan fingerprint density at radius 3 is 1.46 bits per heavy atom. The molecule has 2 amide bonds. The summed E-state index contributed by atoms with van der Waals surface area (Å²) in [4.78, 5) is 29.6. The van der Waals surface area contributed by atoms with Crippen LogP contribution >= 0.6 is 0 Å². The van der Waals surface area contributed by atoms with Gasteiger partial charge < -0.3 is 20.1 Å². The largest absolute Gasteiger partial charge is 0.497 e. The van der Waals surface area contributed by atoms with E-state index in [1.54, 1.807) is 14.2 Å². The molecule has 11 rings (SSSR count). The summed E-state index contributed by atoms with van der Waals surface area (Å²) in [5.74, 6) is 0.949. The van der Waals surface area contributed by atoms with Crippen molar-refractivity contribution in [2.24, 2.45) is 11.8 Å². The van der Waals surface area contributed by atoms with Crippen LogP contribution in [-0.4, -0.2) is 61.6 Å². The van der Waals surface area contributed by atoms with E-state index in [0.717, 1.165) is 87.9 Å². The second-order valence-corrected chi connectivity index (χ2v) is 20.4. The summed E-state index contributed by atoms with van der Waals surface area (Å²) in [5, 5.41) is 6.24. The van der Waals surface area contributed by atoms with E-state index >= 15 is 0 Å². The Morgan fingerprint density at radius 1 is 0.564 bits per heavy atom. The van der Waals surface area contributed by atoms with Crippen molar-refractivity contribution in [3.8, 4) is 33.8 Å². The van der Waals surface area contributed by atoms with E-state index in [9.17, 15) is 31.5 Å². The first-order chi connectivity index (χ1) is 37.8. The van der Waals surface area contributed by atoms with Gasteiger partial charge in [-0.3, -0.25) is 19.4 Å². The molecule has 4 atom stereocenters. The lowest BCUT2D eigenvalue weighted by Crippen LogP contribution is -2.39. The molecule has 410 valence electrons. The van der Waals surface area contributed by atoms with Gasteiger partial charge in [-0.2, -0.15) is 13.2 Å². The molecule has 2 fully saturated rings. The van der Waals surface area contributed by atoms with Crippen molar-refractivity contribution < 1.29 is 43.9 Å². The van der Waals surface area contributed by atoms with E-state index in [-0.39, 0.29) is 44.9 Å². The quantitative estimate of drug-likeness (QED) is 0.0996. The van der Waals surface area contributed by atoms with Gasteiger partial charge >= 0.3 is 6.18 Å². The summed E-state index contributed by atoms with van der Waals surface area (Å²) >= 11 is 0. The molecular formula is C65H71F5N4O4. The summed E-state index contributed by atoms with van der Waals surface area (Å²) in [6, 6.07) is 47.8. The Hall–Kier alpha value is -7.35. The van der Waals surface area contributed by atoms with Crippen molar-refractivity contribution in [2.45, 2.75) is 90.3 Å². The summed E-state index contributed by atoms with van der Waals surface area (Å²) in [6.07, 6.45) is -1.25. The third kappa shape index (κ3) is 13.7. The lowest BCUT2D eigenvalue weighted by atomic mass is 9.87. The SMILES string of the molecule is CC.COc1cccc(-c2ccc(CNC(=O)C3CC3c3ccccc3)c3c2CCN(CC(F)(F)F)C3)c1.COc1cccc(-c2ccc(CNC(=O)[C@H]3C[C@@H]3c3ccccc3)c3c2CCN(Cc2cc(F)cc(F)c2)C3)c1.[HH].[HH]. The number of halogens is 5. The van der Waals surface area contributed by atoms with Crippen LogP contribution in [0.25, 0.3) is 22.3 Å². The molecule has 2 aliphatic heterocycles. The van der Waals surface area contributed by atoms with Crippen molar-refractivity contribution in [3.63, 3.8) is 0 Å². The van der Waals surface area contributed by atoms with Gasteiger partial charge in [0.25, 0.3) is 0 Å².